The molecule has 4 nitrogen and oxygen atoms in total. The highest BCUT2D eigenvalue weighted by Gasteiger charge is 2.11. The molecule has 4 N–H and O–H groups in total. The Morgan fingerprint density at radius 2 is 2.05 bits per heavy atom. The Hall–Kier alpha value is -1.72. The maximum atomic E-state index is 12.1. The van der Waals surface area contributed by atoms with E-state index in [0.717, 1.165) is 10.2 Å². The minimum Gasteiger partial charge on any atom is -0.399 e. The molecule has 0 spiro atoms. The number of rotatable bonds is 4. The van der Waals surface area contributed by atoms with E-state index in [4.69, 9.17) is 17.3 Å². The minimum atomic E-state index is -0.150. The number of hydrogen-bond acceptors (Lipinski definition) is 3. The highest BCUT2D eigenvalue weighted by molar-refractivity contribution is 9.10. The van der Waals surface area contributed by atoms with Gasteiger partial charge in [0.25, 0.3) is 5.91 Å². The van der Waals surface area contributed by atoms with Crippen LogP contribution in [0.4, 0.5) is 17.1 Å². The number of nitrogen functional groups attached to an aromatic ring is 1. The van der Waals surface area contributed by atoms with E-state index in [9.17, 15) is 4.79 Å². The molecule has 0 saturated carbocycles. The zero-order valence-corrected chi connectivity index (χ0v) is 13.8. The topological polar surface area (TPSA) is 67.2 Å². The van der Waals surface area contributed by atoms with Crippen molar-refractivity contribution in [3.05, 3.63) is 51.5 Å². The lowest BCUT2D eigenvalue weighted by Gasteiger charge is -2.13. The lowest BCUT2D eigenvalue weighted by Crippen LogP contribution is -2.23. The third-order valence-corrected chi connectivity index (χ3v) is 4.06. The van der Waals surface area contributed by atoms with Crippen molar-refractivity contribution in [2.45, 2.75) is 6.92 Å². The van der Waals surface area contributed by atoms with Crippen molar-refractivity contribution in [2.24, 2.45) is 0 Å². The van der Waals surface area contributed by atoms with E-state index in [-0.39, 0.29) is 5.91 Å². The fourth-order valence-corrected chi connectivity index (χ4v) is 2.28. The van der Waals surface area contributed by atoms with Gasteiger partial charge in [-0.2, -0.15) is 0 Å². The number of amides is 1. The highest BCUT2D eigenvalue weighted by Crippen LogP contribution is 2.29. The SMILES string of the molecule is CCNC(=O)c1ccc(N)cc1Nc1ccc(Br)c(Cl)c1. The molecule has 1 amide bonds. The van der Waals surface area contributed by atoms with Crippen molar-refractivity contribution in [1.29, 1.82) is 0 Å². The molecule has 0 aliphatic carbocycles. The molecule has 2 aromatic carbocycles. The number of anilines is 3. The average molecular weight is 369 g/mol. The zero-order valence-electron chi connectivity index (χ0n) is 11.4. The third kappa shape index (κ3) is 3.89. The van der Waals surface area contributed by atoms with Gasteiger partial charge in [-0.1, -0.05) is 11.6 Å². The predicted octanol–water partition coefficient (Wildman–Crippen LogP) is 4.18. The molecule has 6 heteroatoms. The molecule has 2 rings (SSSR count). The molecule has 0 unspecified atom stereocenters. The fourth-order valence-electron chi connectivity index (χ4n) is 1.85. The molecule has 0 fully saturated rings. The number of carbonyl (C=O) groups is 1. The van der Waals surface area contributed by atoms with Crippen molar-refractivity contribution in [1.82, 2.24) is 5.32 Å². The predicted molar refractivity (Wildman–Crippen MR) is 91.3 cm³/mol. The second kappa shape index (κ2) is 6.83. The first-order valence-electron chi connectivity index (χ1n) is 6.41. The molecule has 21 heavy (non-hydrogen) atoms. The first kappa shape index (κ1) is 15.7. The third-order valence-electron chi connectivity index (χ3n) is 2.82. The van der Waals surface area contributed by atoms with Gasteiger partial charge >= 0.3 is 0 Å². The molecule has 0 radical (unpaired) electrons. The van der Waals surface area contributed by atoms with Gasteiger partial charge in [-0.3, -0.25) is 4.79 Å². The van der Waals surface area contributed by atoms with E-state index < -0.39 is 0 Å². The number of benzene rings is 2. The second-order valence-electron chi connectivity index (χ2n) is 4.42. The van der Waals surface area contributed by atoms with E-state index in [0.29, 0.717) is 28.5 Å². The molecule has 0 atom stereocenters. The van der Waals surface area contributed by atoms with Crippen LogP contribution in [-0.2, 0) is 0 Å². The Bertz CT molecular complexity index is 676. The van der Waals surface area contributed by atoms with Gasteiger partial charge in [0.1, 0.15) is 0 Å². The van der Waals surface area contributed by atoms with Gasteiger partial charge in [0.05, 0.1) is 16.3 Å². The van der Waals surface area contributed by atoms with Crippen LogP contribution in [0.1, 0.15) is 17.3 Å². The zero-order chi connectivity index (χ0) is 15.4. The summed E-state index contributed by atoms with van der Waals surface area (Å²) in [4.78, 5) is 12.1. The summed E-state index contributed by atoms with van der Waals surface area (Å²) in [5, 5.41) is 6.54. The van der Waals surface area contributed by atoms with E-state index in [1.807, 2.05) is 19.1 Å². The summed E-state index contributed by atoms with van der Waals surface area (Å²) in [7, 11) is 0. The normalized spacial score (nSPS) is 10.2. The van der Waals surface area contributed by atoms with Crippen molar-refractivity contribution in [3.8, 4) is 0 Å². The average Bonchev–Trinajstić information content (AvgIpc) is 2.43. The van der Waals surface area contributed by atoms with E-state index in [1.54, 1.807) is 24.3 Å². The Morgan fingerprint density at radius 3 is 2.71 bits per heavy atom. The van der Waals surface area contributed by atoms with Crippen molar-refractivity contribution >= 4 is 50.5 Å². The number of hydrogen-bond donors (Lipinski definition) is 3. The first-order valence-corrected chi connectivity index (χ1v) is 7.58. The van der Waals surface area contributed by atoms with Gasteiger partial charge in [0.15, 0.2) is 0 Å². The summed E-state index contributed by atoms with van der Waals surface area (Å²) < 4.78 is 0.811. The maximum absolute atomic E-state index is 12.1. The molecule has 0 heterocycles. The highest BCUT2D eigenvalue weighted by atomic mass is 79.9. The van der Waals surface area contributed by atoms with Crippen LogP contribution in [0.5, 0.6) is 0 Å². The van der Waals surface area contributed by atoms with E-state index >= 15 is 0 Å². The Balaban J connectivity index is 2.35. The van der Waals surface area contributed by atoms with Gasteiger partial charge in [-0.15, -0.1) is 0 Å². The summed E-state index contributed by atoms with van der Waals surface area (Å²) in [6.45, 7) is 2.43. The van der Waals surface area contributed by atoms with Crippen molar-refractivity contribution < 1.29 is 4.79 Å². The molecule has 0 aromatic heterocycles. The molecule has 0 aliphatic heterocycles. The number of halogens is 2. The van der Waals surface area contributed by atoms with Crippen LogP contribution in [0.25, 0.3) is 0 Å². The standard InChI is InChI=1S/C15H15BrClN3O/c1-2-19-15(21)11-5-3-9(18)7-14(11)20-10-4-6-12(16)13(17)8-10/h3-8,20H,2,18H2,1H3,(H,19,21). The summed E-state index contributed by atoms with van der Waals surface area (Å²) in [6, 6.07) is 10.6. The Kier molecular flexibility index (Phi) is 5.09. The maximum Gasteiger partial charge on any atom is 0.253 e. The minimum absolute atomic E-state index is 0.150. The summed E-state index contributed by atoms with van der Waals surface area (Å²) in [5.74, 6) is -0.150. The Morgan fingerprint density at radius 1 is 1.29 bits per heavy atom. The number of nitrogens with one attached hydrogen (secondary N) is 2. The smallest absolute Gasteiger partial charge is 0.253 e. The van der Waals surface area contributed by atoms with Crippen LogP contribution >= 0.6 is 27.5 Å². The Labute approximate surface area is 136 Å². The fraction of sp³-hybridized carbons (Fsp3) is 0.133. The van der Waals surface area contributed by atoms with Crippen LogP contribution in [0.15, 0.2) is 40.9 Å². The van der Waals surface area contributed by atoms with Crippen LogP contribution in [0.3, 0.4) is 0 Å². The monoisotopic (exact) mass is 367 g/mol. The summed E-state index contributed by atoms with van der Waals surface area (Å²) in [6.07, 6.45) is 0. The van der Waals surface area contributed by atoms with Crippen molar-refractivity contribution in [2.75, 3.05) is 17.6 Å². The van der Waals surface area contributed by atoms with Gasteiger partial charge in [0.2, 0.25) is 0 Å². The molecule has 0 aliphatic rings. The number of carbonyl (C=O) groups excluding carboxylic acids is 1. The second-order valence-corrected chi connectivity index (χ2v) is 5.68. The summed E-state index contributed by atoms with van der Waals surface area (Å²) in [5.41, 5.74) is 8.33. The lowest BCUT2D eigenvalue weighted by atomic mass is 10.1. The molecule has 2 aromatic rings. The van der Waals surface area contributed by atoms with Crippen LogP contribution < -0.4 is 16.4 Å². The van der Waals surface area contributed by atoms with Crippen molar-refractivity contribution in [3.63, 3.8) is 0 Å². The number of nitrogens with two attached hydrogens (primary N) is 1. The molecule has 110 valence electrons. The van der Waals surface area contributed by atoms with Crippen LogP contribution in [-0.4, -0.2) is 12.5 Å². The summed E-state index contributed by atoms with van der Waals surface area (Å²) >= 11 is 9.41. The molecule has 0 bridgehead atoms. The molecular formula is C15H15BrClN3O. The first-order chi connectivity index (χ1) is 10.0. The van der Waals surface area contributed by atoms with Gasteiger partial charge in [-0.05, 0) is 59.3 Å². The van der Waals surface area contributed by atoms with E-state index in [2.05, 4.69) is 26.6 Å². The van der Waals surface area contributed by atoms with E-state index in [1.165, 1.54) is 0 Å². The molecule has 0 saturated heterocycles. The van der Waals surface area contributed by atoms with Crippen LogP contribution in [0, 0.1) is 0 Å². The van der Waals surface area contributed by atoms with Crippen LogP contribution in [0.2, 0.25) is 5.02 Å². The molecular weight excluding hydrogens is 354 g/mol. The van der Waals surface area contributed by atoms with Gasteiger partial charge in [-0.25, -0.2) is 0 Å². The quantitative estimate of drug-likeness (QED) is 0.709. The van der Waals surface area contributed by atoms with Gasteiger partial charge in [0, 0.05) is 22.4 Å². The largest absolute Gasteiger partial charge is 0.399 e. The lowest BCUT2D eigenvalue weighted by molar-refractivity contribution is 0.0956. The van der Waals surface area contributed by atoms with Gasteiger partial charge < -0.3 is 16.4 Å².